The summed E-state index contributed by atoms with van der Waals surface area (Å²) < 4.78 is 26.7. The quantitative estimate of drug-likeness (QED) is 0.774. The number of nitrogens with zero attached hydrogens (tertiary/aromatic N) is 6. The highest BCUT2D eigenvalue weighted by Gasteiger charge is 2.24. The van der Waals surface area contributed by atoms with E-state index in [-0.39, 0.29) is 0 Å². The van der Waals surface area contributed by atoms with Crippen molar-refractivity contribution in [2.75, 3.05) is 37.0 Å². The number of H-pyrrole nitrogens is 1. The molecule has 1 N–H and O–H groups in total. The van der Waals surface area contributed by atoms with Crippen LogP contribution in [-0.4, -0.2) is 52.3 Å². The van der Waals surface area contributed by atoms with Gasteiger partial charge in [-0.3, -0.25) is 10.1 Å². The summed E-state index contributed by atoms with van der Waals surface area (Å²) >= 11 is 0. The molecular weight excluding hydrogens is 340 g/mol. The van der Waals surface area contributed by atoms with E-state index >= 15 is 0 Å². The van der Waals surface area contributed by atoms with E-state index in [0.29, 0.717) is 28.7 Å². The number of rotatable bonds is 3. The first-order valence-corrected chi connectivity index (χ1v) is 8.47. The highest BCUT2D eigenvalue weighted by atomic mass is 19.2. The van der Waals surface area contributed by atoms with E-state index in [2.05, 4.69) is 30.0 Å². The number of halogens is 2. The Labute approximate surface area is 149 Å². The highest BCUT2D eigenvalue weighted by Crippen LogP contribution is 2.29. The Bertz CT molecular complexity index is 932. The van der Waals surface area contributed by atoms with Crippen LogP contribution in [0.4, 0.5) is 20.5 Å². The van der Waals surface area contributed by atoms with Crippen molar-refractivity contribution in [2.24, 2.45) is 0 Å². The number of hydrogen-bond acceptors (Lipinski definition) is 6. The Morgan fingerprint density at radius 2 is 1.77 bits per heavy atom. The van der Waals surface area contributed by atoms with E-state index in [0.717, 1.165) is 43.9 Å². The molecule has 0 atom stereocenters. The lowest BCUT2D eigenvalue weighted by Gasteiger charge is -2.31. The zero-order valence-electron chi connectivity index (χ0n) is 14.6. The van der Waals surface area contributed by atoms with Gasteiger partial charge in [0.1, 0.15) is 11.6 Å². The molecule has 0 aliphatic carbocycles. The Balaban J connectivity index is 1.48. The van der Waals surface area contributed by atoms with Gasteiger partial charge in [-0.1, -0.05) is 0 Å². The van der Waals surface area contributed by atoms with Gasteiger partial charge in [-0.15, -0.1) is 5.10 Å². The Hall–Kier alpha value is -2.84. The molecule has 1 fully saturated rings. The first-order chi connectivity index (χ1) is 12.5. The van der Waals surface area contributed by atoms with Crippen LogP contribution in [0.3, 0.4) is 0 Å². The fourth-order valence-corrected chi connectivity index (χ4v) is 3.18. The standard InChI is InChI=1S/C17H19F2N7/c1-25(2)17-22-16(23-24-17)10-3-5-26(6-4-10)15-9-20-13-7-11(18)12(19)8-14(13)21-15/h7-10H,3-6H2,1-2H3,(H,22,23,24). The van der Waals surface area contributed by atoms with Gasteiger partial charge >= 0.3 is 0 Å². The van der Waals surface area contributed by atoms with Crippen molar-refractivity contribution >= 4 is 22.8 Å². The molecule has 2 aromatic heterocycles. The summed E-state index contributed by atoms with van der Waals surface area (Å²) in [5.41, 5.74) is 0.704. The van der Waals surface area contributed by atoms with Crippen molar-refractivity contribution in [3.8, 4) is 0 Å². The average molecular weight is 359 g/mol. The monoisotopic (exact) mass is 359 g/mol. The molecule has 0 saturated carbocycles. The van der Waals surface area contributed by atoms with Crippen molar-refractivity contribution in [3.05, 3.63) is 35.8 Å². The van der Waals surface area contributed by atoms with E-state index in [1.165, 1.54) is 0 Å². The highest BCUT2D eigenvalue weighted by molar-refractivity contribution is 5.75. The van der Waals surface area contributed by atoms with Gasteiger partial charge in [0.2, 0.25) is 5.95 Å². The minimum absolute atomic E-state index is 0.312. The van der Waals surface area contributed by atoms with Crippen LogP contribution in [0.2, 0.25) is 0 Å². The third kappa shape index (κ3) is 3.04. The number of aromatic nitrogens is 5. The predicted octanol–water partition coefficient (Wildman–Crippen LogP) is 2.48. The zero-order valence-corrected chi connectivity index (χ0v) is 14.6. The van der Waals surface area contributed by atoms with Crippen molar-refractivity contribution in [1.82, 2.24) is 25.1 Å². The minimum Gasteiger partial charge on any atom is -0.355 e. The first-order valence-electron chi connectivity index (χ1n) is 8.47. The maximum absolute atomic E-state index is 13.4. The second-order valence-electron chi connectivity index (χ2n) is 6.66. The summed E-state index contributed by atoms with van der Waals surface area (Å²) in [5, 5.41) is 7.23. The lowest BCUT2D eigenvalue weighted by molar-refractivity contribution is 0.484. The molecule has 3 aromatic rings. The molecule has 0 unspecified atom stereocenters. The topological polar surface area (TPSA) is 73.8 Å². The van der Waals surface area contributed by atoms with E-state index in [1.54, 1.807) is 6.20 Å². The summed E-state index contributed by atoms with van der Waals surface area (Å²) in [6.45, 7) is 1.57. The largest absolute Gasteiger partial charge is 0.355 e. The fraction of sp³-hybridized carbons (Fsp3) is 0.412. The van der Waals surface area contributed by atoms with E-state index in [1.807, 2.05) is 19.0 Å². The van der Waals surface area contributed by atoms with Crippen LogP contribution < -0.4 is 9.80 Å². The van der Waals surface area contributed by atoms with E-state index < -0.39 is 11.6 Å². The van der Waals surface area contributed by atoms with E-state index in [9.17, 15) is 8.78 Å². The third-order valence-electron chi connectivity index (χ3n) is 4.67. The van der Waals surface area contributed by atoms with Gasteiger partial charge in [0.15, 0.2) is 11.6 Å². The molecule has 0 bridgehead atoms. The maximum atomic E-state index is 13.4. The zero-order chi connectivity index (χ0) is 18.3. The number of nitrogens with one attached hydrogen (secondary N) is 1. The number of anilines is 2. The molecular formula is C17H19F2N7. The van der Waals surface area contributed by atoms with Crippen LogP contribution in [-0.2, 0) is 0 Å². The van der Waals surface area contributed by atoms with Crippen LogP contribution in [0.25, 0.3) is 11.0 Å². The smallest absolute Gasteiger partial charge is 0.244 e. The molecule has 1 aliphatic heterocycles. The Morgan fingerprint density at radius 1 is 1.08 bits per heavy atom. The number of aromatic amines is 1. The summed E-state index contributed by atoms with van der Waals surface area (Å²) in [6, 6.07) is 2.16. The molecule has 4 rings (SSSR count). The number of fused-ring (bicyclic) bond motifs is 1. The number of hydrogen-bond donors (Lipinski definition) is 1. The summed E-state index contributed by atoms with van der Waals surface area (Å²) in [4.78, 5) is 17.1. The summed E-state index contributed by atoms with van der Waals surface area (Å²) in [5.74, 6) is 0.739. The third-order valence-corrected chi connectivity index (χ3v) is 4.67. The van der Waals surface area contributed by atoms with Gasteiger partial charge in [0.05, 0.1) is 17.2 Å². The molecule has 9 heteroatoms. The molecule has 0 spiro atoms. The van der Waals surface area contributed by atoms with Crippen molar-refractivity contribution < 1.29 is 8.78 Å². The van der Waals surface area contributed by atoms with Crippen molar-refractivity contribution in [1.29, 1.82) is 0 Å². The summed E-state index contributed by atoms with van der Waals surface area (Å²) in [6.07, 6.45) is 3.41. The van der Waals surface area contributed by atoms with Gasteiger partial charge in [-0.25, -0.2) is 13.8 Å². The number of piperidine rings is 1. The molecule has 3 heterocycles. The molecule has 0 radical (unpaired) electrons. The lowest BCUT2D eigenvalue weighted by Crippen LogP contribution is -2.33. The average Bonchev–Trinajstić information content (AvgIpc) is 3.13. The van der Waals surface area contributed by atoms with Crippen molar-refractivity contribution in [3.63, 3.8) is 0 Å². The molecule has 1 saturated heterocycles. The second-order valence-corrected chi connectivity index (χ2v) is 6.66. The van der Waals surface area contributed by atoms with Crippen LogP contribution in [0.15, 0.2) is 18.3 Å². The maximum Gasteiger partial charge on any atom is 0.244 e. The normalized spacial score (nSPS) is 15.6. The minimum atomic E-state index is -0.912. The summed E-state index contributed by atoms with van der Waals surface area (Å²) in [7, 11) is 3.81. The Morgan fingerprint density at radius 3 is 2.42 bits per heavy atom. The number of benzene rings is 1. The molecule has 1 aliphatic rings. The van der Waals surface area contributed by atoms with E-state index in [4.69, 9.17) is 0 Å². The van der Waals surface area contributed by atoms with Gasteiger partial charge in [-0.2, -0.15) is 4.98 Å². The van der Waals surface area contributed by atoms with Crippen LogP contribution in [0.5, 0.6) is 0 Å². The SMILES string of the molecule is CN(C)c1n[nH]c(C2CCN(c3cnc4cc(F)c(F)cc4n3)CC2)n1. The molecule has 1 aromatic carbocycles. The lowest BCUT2D eigenvalue weighted by atomic mass is 9.96. The Kier molecular flexibility index (Phi) is 4.14. The van der Waals surface area contributed by atoms with Crippen LogP contribution >= 0.6 is 0 Å². The molecule has 26 heavy (non-hydrogen) atoms. The van der Waals surface area contributed by atoms with Gasteiger partial charge in [0, 0.05) is 45.2 Å². The first kappa shape index (κ1) is 16.6. The van der Waals surface area contributed by atoms with Crippen molar-refractivity contribution in [2.45, 2.75) is 18.8 Å². The molecule has 7 nitrogen and oxygen atoms in total. The second kappa shape index (κ2) is 6.47. The van der Waals surface area contributed by atoms with Gasteiger partial charge in [0.25, 0.3) is 0 Å². The molecule has 0 amide bonds. The fourth-order valence-electron chi connectivity index (χ4n) is 3.18. The van der Waals surface area contributed by atoms with Gasteiger partial charge < -0.3 is 9.80 Å². The predicted molar refractivity (Wildman–Crippen MR) is 94.4 cm³/mol. The van der Waals surface area contributed by atoms with Crippen LogP contribution in [0.1, 0.15) is 24.6 Å². The van der Waals surface area contributed by atoms with Gasteiger partial charge in [-0.05, 0) is 12.8 Å². The molecule has 136 valence electrons. The van der Waals surface area contributed by atoms with Crippen LogP contribution in [0, 0.1) is 11.6 Å².